The minimum absolute atomic E-state index is 0.363. The molecule has 2 atom stereocenters. The van der Waals surface area contributed by atoms with Crippen LogP contribution in [-0.4, -0.2) is 35.6 Å². The fraction of sp³-hybridized carbons (Fsp3) is 0.786. The van der Waals surface area contributed by atoms with E-state index >= 15 is 0 Å². The fourth-order valence-corrected chi connectivity index (χ4v) is 3.23. The van der Waals surface area contributed by atoms with Crippen molar-refractivity contribution in [2.75, 3.05) is 19.6 Å². The third-order valence-electron chi connectivity index (χ3n) is 3.81. The Morgan fingerprint density at radius 1 is 1.33 bits per heavy atom. The van der Waals surface area contributed by atoms with Crippen LogP contribution in [0.5, 0.6) is 0 Å². The highest BCUT2D eigenvalue weighted by Crippen LogP contribution is 2.16. The lowest BCUT2D eigenvalue weighted by atomic mass is 10.1. The Morgan fingerprint density at radius 3 is 2.67 bits per heavy atom. The molecule has 1 aliphatic rings. The van der Waals surface area contributed by atoms with Gasteiger partial charge >= 0.3 is 0 Å². The number of rotatable bonds is 5. The number of aromatic nitrogens is 1. The minimum atomic E-state index is 0.363. The summed E-state index contributed by atoms with van der Waals surface area (Å²) in [6, 6.07) is 0.995. The van der Waals surface area contributed by atoms with Crippen molar-refractivity contribution in [3.8, 4) is 0 Å². The van der Waals surface area contributed by atoms with Gasteiger partial charge in [-0.1, -0.05) is 6.42 Å². The molecule has 0 aliphatic carbocycles. The number of likely N-dealkylation sites (tertiary alicyclic amines) is 1. The molecule has 1 fully saturated rings. The molecule has 2 unspecified atom stereocenters. The summed E-state index contributed by atoms with van der Waals surface area (Å²) in [6.07, 6.45) is 4.14. The van der Waals surface area contributed by atoms with Gasteiger partial charge in [0.25, 0.3) is 0 Å². The quantitative estimate of drug-likeness (QED) is 0.889. The van der Waals surface area contributed by atoms with Gasteiger partial charge in [-0.2, -0.15) is 0 Å². The van der Waals surface area contributed by atoms with Crippen LogP contribution in [0.15, 0.2) is 5.38 Å². The fourth-order valence-electron chi connectivity index (χ4n) is 2.52. The first-order chi connectivity index (χ1) is 8.66. The smallest absolute Gasteiger partial charge is 0.0898 e. The van der Waals surface area contributed by atoms with E-state index in [1.54, 1.807) is 11.3 Å². The zero-order valence-corrected chi connectivity index (χ0v) is 12.6. The van der Waals surface area contributed by atoms with E-state index in [1.165, 1.54) is 38.0 Å². The first-order valence-corrected chi connectivity index (χ1v) is 7.94. The van der Waals surface area contributed by atoms with Gasteiger partial charge < -0.3 is 5.32 Å². The molecule has 102 valence electrons. The third-order valence-corrected chi connectivity index (χ3v) is 4.61. The number of nitrogens with zero attached hydrogens (tertiary/aromatic N) is 2. The Labute approximate surface area is 115 Å². The van der Waals surface area contributed by atoms with Crippen molar-refractivity contribution < 1.29 is 0 Å². The second kappa shape index (κ2) is 6.64. The SMILES string of the molecule is Cc1nc(C(C)NCC(C)N2CCCCC2)cs1. The van der Waals surface area contributed by atoms with Crippen LogP contribution in [0.25, 0.3) is 0 Å². The lowest BCUT2D eigenvalue weighted by molar-refractivity contribution is 0.168. The number of piperidine rings is 1. The summed E-state index contributed by atoms with van der Waals surface area (Å²) < 4.78 is 0. The normalized spacial score (nSPS) is 20.8. The Balaban J connectivity index is 1.76. The second-order valence-corrected chi connectivity index (χ2v) is 6.43. The number of hydrogen-bond acceptors (Lipinski definition) is 4. The molecule has 0 amide bonds. The molecule has 0 spiro atoms. The van der Waals surface area contributed by atoms with E-state index in [9.17, 15) is 0 Å². The number of nitrogens with one attached hydrogen (secondary N) is 1. The summed E-state index contributed by atoms with van der Waals surface area (Å²) in [5.74, 6) is 0. The van der Waals surface area contributed by atoms with Crippen molar-refractivity contribution in [1.82, 2.24) is 15.2 Å². The summed E-state index contributed by atoms with van der Waals surface area (Å²) in [4.78, 5) is 7.15. The van der Waals surface area contributed by atoms with Gasteiger partial charge in [-0.15, -0.1) is 11.3 Å². The average Bonchev–Trinajstić information content (AvgIpc) is 2.83. The van der Waals surface area contributed by atoms with Gasteiger partial charge in [-0.25, -0.2) is 4.98 Å². The zero-order chi connectivity index (χ0) is 13.0. The highest BCUT2D eigenvalue weighted by Gasteiger charge is 2.17. The lowest BCUT2D eigenvalue weighted by Gasteiger charge is -2.33. The van der Waals surface area contributed by atoms with Crippen molar-refractivity contribution in [1.29, 1.82) is 0 Å². The monoisotopic (exact) mass is 267 g/mol. The van der Waals surface area contributed by atoms with Crippen LogP contribution in [0.3, 0.4) is 0 Å². The van der Waals surface area contributed by atoms with E-state index in [1.807, 2.05) is 0 Å². The molecular weight excluding hydrogens is 242 g/mol. The highest BCUT2D eigenvalue weighted by molar-refractivity contribution is 7.09. The maximum absolute atomic E-state index is 4.54. The second-order valence-electron chi connectivity index (χ2n) is 5.37. The van der Waals surface area contributed by atoms with Crippen molar-refractivity contribution in [2.24, 2.45) is 0 Å². The average molecular weight is 267 g/mol. The molecule has 1 aliphatic heterocycles. The molecule has 1 N–H and O–H groups in total. The standard InChI is InChI=1S/C14H25N3S/c1-11(17-7-5-4-6-8-17)9-15-12(2)14-10-18-13(3)16-14/h10-12,15H,4-9H2,1-3H3. The molecule has 4 heteroatoms. The molecule has 18 heavy (non-hydrogen) atoms. The van der Waals surface area contributed by atoms with Crippen LogP contribution in [0.2, 0.25) is 0 Å². The predicted molar refractivity (Wildman–Crippen MR) is 78.2 cm³/mol. The summed E-state index contributed by atoms with van der Waals surface area (Å²) in [5.41, 5.74) is 1.18. The summed E-state index contributed by atoms with van der Waals surface area (Å²) in [6.45, 7) is 10.2. The van der Waals surface area contributed by atoms with E-state index in [-0.39, 0.29) is 0 Å². The molecule has 0 radical (unpaired) electrons. The molecule has 2 heterocycles. The van der Waals surface area contributed by atoms with E-state index in [2.05, 4.69) is 41.4 Å². The van der Waals surface area contributed by atoms with E-state index in [0.29, 0.717) is 12.1 Å². The van der Waals surface area contributed by atoms with Gasteiger partial charge in [0.05, 0.1) is 10.7 Å². The topological polar surface area (TPSA) is 28.2 Å². The molecule has 0 saturated carbocycles. The Morgan fingerprint density at radius 2 is 2.06 bits per heavy atom. The lowest BCUT2D eigenvalue weighted by Crippen LogP contribution is -2.43. The van der Waals surface area contributed by atoms with E-state index < -0.39 is 0 Å². The number of hydrogen-bond donors (Lipinski definition) is 1. The first kappa shape index (κ1) is 14.0. The molecule has 2 rings (SSSR count). The van der Waals surface area contributed by atoms with Crippen LogP contribution < -0.4 is 5.32 Å². The van der Waals surface area contributed by atoms with Crippen LogP contribution >= 0.6 is 11.3 Å². The van der Waals surface area contributed by atoms with Gasteiger partial charge in [-0.05, 0) is 46.7 Å². The van der Waals surface area contributed by atoms with Crippen LogP contribution in [0.1, 0.15) is 49.9 Å². The van der Waals surface area contributed by atoms with Crippen LogP contribution in [0.4, 0.5) is 0 Å². The van der Waals surface area contributed by atoms with Gasteiger partial charge in [0.2, 0.25) is 0 Å². The van der Waals surface area contributed by atoms with Crippen molar-refractivity contribution >= 4 is 11.3 Å². The molecule has 0 bridgehead atoms. The Bertz CT molecular complexity index is 358. The van der Waals surface area contributed by atoms with Crippen molar-refractivity contribution in [2.45, 2.75) is 52.1 Å². The minimum Gasteiger partial charge on any atom is -0.307 e. The number of aryl methyl sites for hydroxylation is 1. The maximum Gasteiger partial charge on any atom is 0.0898 e. The highest BCUT2D eigenvalue weighted by atomic mass is 32.1. The summed E-state index contributed by atoms with van der Waals surface area (Å²) in [7, 11) is 0. The van der Waals surface area contributed by atoms with Gasteiger partial charge in [0.1, 0.15) is 0 Å². The molecule has 1 saturated heterocycles. The largest absolute Gasteiger partial charge is 0.307 e. The number of thiazole rings is 1. The third kappa shape index (κ3) is 3.77. The van der Waals surface area contributed by atoms with Crippen molar-refractivity contribution in [3.05, 3.63) is 16.1 Å². The van der Waals surface area contributed by atoms with E-state index in [4.69, 9.17) is 0 Å². The Kier molecular flexibility index (Phi) is 5.15. The summed E-state index contributed by atoms with van der Waals surface area (Å²) >= 11 is 1.73. The zero-order valence-electron chi connectivity index (χ0n) is 11.8. The molecule has 1 aromatic heterocycles. The van der Waals surface area contributed by atoms with Crippen LogP contribution in [-0.2, 0) is 0 Å². The Hall–Kier alpha value is -0.450. The molecular formula is C14H25N3S. The van der Waals surface area contributed by atoms with Gasteiger partial charge in [0, 0.05) is 24.0 Å². The molecule has 3 nitrogen and oxygen atoms in total. The predicted octanol–water partition coefficient (Wildman–Crippen LogP) is 2.98. The first-order valence-electron chi connectivity index (χ1n) is 7.06. The van der Waals surface area contributed by atoms with Crippen LogP contribution in [0, 0.1) is 6.92 Å². The summed E-state index contributed by atoms with van der Waals surface area (Å²) in [5, 5.41) is 6.93. The van der Waals surface area contributed by atoms with Crippen molar-refractivity contribution in [3.63, 3.8) is 0 Å². The van der Waals surface area contributed by atoms with E-state index in [0.717, 1.165) is 11.6 Å². The maximum atomic E-state index is 4.54. The van der Waals surface area contributed by atoms with Gasteiger partial charge in [0.15, 0.2) is 0 Å². The van der Waals surface area contributed by atoms with Gasteiger partial charge in [-0.3, -0.25) is 4.90 Å². The molecule has 1 aromatic rings. The molecule has 0 aromatic carbocycles.